The van der Waals surface area contributed by atoms with Crippen LogP contribution in [0.1, 0.15) is 15.9 Å². The minimum atomic E-state index is -3.31. The Morgan fingerprint density at radius 2 is 2.00 bits per heavy atom. The largest absolute Gasteiger partial charge is 0.398 e. The van der Waals surface area contributed by atoms with Crippen molar-refractivity contribution in [2.24, 2.45) is 0 Å². The Balaban J connectivity index is 3.06. The van der Waals surface area contributed by atoms with E-state index in [0.717, 1.165) is 11.8 Å². The van der Waals surface area contributed by atoms with Crippen LogP contribution in [-0.2, 0) is 9.84 Å². The van der Waals surface area contributed by atoms with Crippen molar-refractivity contribution in [3.8, 4) is 0 Å². The van der Waals surface area contributed by atoms with E-state index in [2.05, 4.69) is 0 Å². The number of Topliss-reactive ketones (excluding diaryl/α,β-unsaturated/α-hetero) is 1. The van der Waals surface area contributed by atoms with Gasteiger partial charge in [-0.25, -0.2) is 8.42 Å². The fraction of sp³-hybridized carbons (Fsp3) is 0.300. The maximum Gasteiger partial charge on any atom is 0.179 e. The molecule has 0 atom stereocenters. The van der Waals surface area contributed by atoms with Gasteiger partial charge >= 0.3 is 0 Å². The first kappa shape index (κ1) is 11.7. The van der Waals surface area contributed by atoms with E-state index in [-0.39, 0.29) is 5.56 Å². The molecular weight excluding hydrogens is 214 g/mol. The summed E-state index contributed by atoms with van der Waals surface area (Å²) >= 11 is 0. The SMILES string of the molecule is Cc1ccc(N)c(C(=O)CS(C)(=O)=O)c1. The smallest absolute Gasteiger partial charge is 0.179 e. The zero-order valence-electron chi connectivity index (χ0n) is 8.65. The van der Waals surface area contributed by atoms with Crippen molar-refractivity contribution in [1.82, 2.24) is 0 Å². The fourth-order valence-corrected chi connectivity index (χ4v) is 1.86. The number of aryl methyl sites for hydroxylation is 1. The standard InChI is InChI=1S/C10H13NO3S/c1-7-3-4-9(11)8(5-7)10(12)6-15(2,13)14/h3-5H,6,11H2,1-2H3. The van der Waals surface area contributed by atoms with Crippen molar-refractivity contribution in [1.29, 1.82) is 0 Å². The molecule has 15 heavy (non-hydrogen) atoms. The van der Waals surface area contributed by atoms with Gasteiger partial charge in [0, 0.05) is 17.5 Å². The number of hydrogen-bond donors (Lipinski definition) is 1. The first-order valence-corrected chi connectivity index (χ1v) is 6.43. The molecule has 0 bridgehead atoms. The topological polar surface area (TPSA) is 77.2 Å². The second-order valence-electron chi connectivity index (χ2n) is 3.58. The van der Waals surface area contributed by atoms with Crippen LogP contribution >= 0.6 is 0 Å². The Hall–Kier alpha value is -1.36. The summed E-state index contributed by atoms with van der Waals surface area (Å²) < 4.78 is 21.9. The molecule has 5 heteroatoms. The van der Waals surface area contributed by atoms with Crippen LogP contribution in [0.2, 0.25) is 0 Å². The molecule has 2 N–H and O–H groups in total. The van der Waals surface area contributed by atoms with Gasteiger partial charge in [0.05, 0.1) is 0 Å². The van der Waals surface area contributed by atoms with Gasteiger partial charge in [-0.1, -0.05) is 11.6 Å². The number of carbonyl (C=O) groups excluding carboxylic acids is 1. The third kappa shape index (κ3) is 3.36. The van der Waals surface area contributed by atoms with E-state index in [9.17, 15) is 13.2 Å². The van der Waals surface area contributed by atoms with Crippen LogP contribution in [-0.4, -0.2) is 26.2 Å². The minimum Gasteiger partial charge on any atom is -0.398 e. The molecule has 0 aliphatic heterocycles. The summed E-state index contributed by atoms with van der Waals surface area (Å²) in [7, 11) is -3.31. The summed E-state index contributed by atoms with van der Waals surface area (Å²) in [5.41, 5.74) is 7.06. The monoisotopic (exact) mass is 227 g/mol. The van der Waals surface area contributed by atoms with Gasteiger partial charge in [0.2, 0.25) is 0 Å². The van der Waals surface area contributed by atoms with Crippen LogP contribution in [0.5, 0.6) is 0 Å². The molecule has 1 aromatic carbocycles. The first-order chi connectivity index (χ1) is 6.79. The van der Waals surface area contributed by atoms with Crippen LogP contribution in [0.3, 0.4) is 0 Å². The number of rotatable bonds is 3. The maximum atomic E-state index is 11.6. The Bertz CT molecular complexity index is 491. The number of benzene rings is 1. The summed E-state index contributed by atoms with van der Waals surface area (Å²) in [6.45, 7) is 1.82. The molecule has 82 valence electrons. The Morgan fingerprint density at radius 3 is 2.53 bits per heavy atom. The summed E-state index contributed by atoms with van der Waals surface area (Å²) in [6, 6.07) is 4.97. The zero-order chi connectivity index (χ0) is 11.6. The molecule has 0 amide bonds. The van der Waals surface area contributed by atoms with E-state index >= 15 is 0 Å². The quantitative estimate of drug-likeness (QED) is 0.612. The fourth-order valence-electron chi connectivity index (χ4n) is 1.23. The molecule has 1 rings (SSSR count). The van der Waals surface area contributed by atoms with Gasteiger partial charge < -0.3 is 5.73 Å². The predicted octanol–water partition coefficient (Wildman–Crippen LogP) is 0.805. The zero-order valence-corrected chi connectivity index (χ0v) is 9.47. The van der Waals surface area contributed by atoms with Crippen molar-refractivity contribution in [3.05, 3.63) is 29.3 Å². The normalized spacial score (nSPS) is 11.3. The van der Waals surface area contributed by atoms with Crippen molar-refractivity contribution >= 4 is 21.3 Å². The van der Waals surface area contributed by atoms with E-state index in [1.807, 2.05) is 6.92 Å². The number of anilines is 1. The van der Waals surface area contributed by atoms with Gasteiger partial charge in [0.15, 0.2) is 15.6 Å². The molecule has 1 aromatic rings. The molecule has 0 saturated carbocycles. The Kier molecular flexibility index (Phi) is 3.14. The molecule has 0 aliphatic rings. The van der Waals surface area contributed by atoms with Gasteiger partial charge in [0.1, 0.15) is 5.75 Å². The number of sulfone groups is 1. The lowest BCUT2D eigenvalue weighted by Gasteiger charge is -2.04. The highest BCUT2D eigenvalue weighted by Gasteiger charge is 2.15. The number of carbonyl (C=O) groups is 1. The predicted molar refractivity (Wildman–Crippen MR) is 59.6 cm³/mol. The molecule has 0 fully saturated rings. The lowest BCUT2D eigenvalue weighted by atomic mass is 10.1. The maximum absolute atomic E-state index is 11.6. The summed E-state index contributed by atoms with van der Waals surface area (Å²) in [6.07, 6.45) is 1.02. The number of hydrogen-bond acceptors (Lipinski definition) is 4. The molecule has 0 saturated heterocycles. The average molecular weight is 227 g/mol. The number of nitrogen functional groups attached to an aromatic ring is 1. The highest BCUT2D eigenvalue weighted by Crippen LogP contribution is 2.14. The molecule has 0 spiro atoms. The second-order valence-corrected chi connectivity index (χ2v) is 5.72. The Labute approximate surface area is 89.0 Å². The van der Waals surface area contributed by atoms with Crippen LogP contribution < -0.4 is 5.73 Å². The van der Waals surface area contributed by atoms with Crippen LogP contribution in [0.25, 0.3) is 0 Å². The highest BCUT2D eigenvalue weighted by atomic mass is 32.2. The van der Waals surface area contributed by atoms with Gasteiger partial charge in [0.25, 0.3) is 0 Å². The van der Waals surface area contributed by atoms with E-state index in [1.54, 1.807) is 18.2 Å². The van der Waals surface area contributed by atoms with Crippen molar-refractivity contribution in [2.45, 2.75) is 6.92 Å². The first-order valence-electron chi connectivity index (χ1n) is 4.36. The average Bonchev–Trinajstić information content (AvgIpc) is 2.06. The molecule has 0 radical (unpaired) electrons. The van der Waals surface area contributed by atoms with Crippen LogP contribution in [0.15, 0.2) is 18.2 Å². The van der Waals surface area contributed by atoms with Crippen molar-refractivity contribution < 1.29 is 13.2 Å². The lowest BCUT2D eigenvalue weighted by Crippen LogP contribution is -2.16. The molecule has 0 aliphatic carbocycles. The highest BCUT2D eigenvalue weighted by molar-refractivity contribution is 7.91. The van der Waals surface area contributed by atoms with Gasteiger partial charge in [-0.05, 0) is 19.1 Å². The van der Waals surface area contributed by atoms with Crippen molar-refractivity contribution in [2.75, 3.05) is 17.7 Å². The second kappa shape index (κ2) is 4.02. The van der Waals surface area contributed by atoms with E-state index in [0.29, 0.717) is 5.69 Å². The van der Waals surface area contributed by atoms with E-state index < -0.39 is 21.4 Å². The van der Waals surface area contributed by atoms with Gasteiger partial charge in [-0.2, -0.15) is 0 Å². The third-order valence-corrected chi connectivity index (χ3v) is 2.69. The van der Waals surface area contributed by atoms with E-state index in [4.69, 9.17) is 5.73 Å². The van der Waals surface area contributed by atoms with Crippen LogP contribution in [0.4, 0.5) is 5.69 Å². The van der Waals surface area contributed by atoms with E-state index in [1.165, 1.54) is 0 Å². The number of nitrogens with two attached hydrogens (primary N) is 1. The minimum absolute atomic E-state index is 0.278. The molecule has 0 unspecified atom stereocenters. The van der Waals surface area contributed by atoms with Gasteiger partial charge in [-0.15, -0.1) is 0 Å². The summed E-state index contributed by atoms with van der Waals surface area (Å²) in [5, 5.41) is 0. The van der Waals surface area contributed by atoms with Gasteiger partial charge in [-0.3, -0.25) is 4.79 Å². The molecular formula is C10H13NO3S. The lowest BCUT2D eigenvalue weighted by molar-refractivity contribution is 0.102. The Morgan fingerprint density at radius 1 is 1.40 bits per heavy atom. The summed E-state index contributed by atoms with van der Waals surface area (Å²) in [4.78, 5) is 11.6. The summed E-state index contributed by atoms with van der Waals surface area (Å²) in [5.74, 6) is -0.959. The molecule has 4 nitrogen and oxygen atoms in total. The third-order valence-electron chi connectivity index (χ3n) is 1.90. The van der Waals surface area contributed by atoms with Crippen LogP contribution in [0, 0.1) is 6.92 Å². The molecule has 0 heterocycles. The van der Waals surface area contributed by atoms with Crippen molar-refractivity contribution in [3.63, 3.8) is 0 Å². The number of ketones is 1. The molecule has 0 aromatic heterocycles.